The van der Waals surface area contributed by atoms with Crippen molar-refractivity contribution in [3.63, 3.8) is 0 Å². The summed E-state index contributed by atoms with van der Waals surface area (Å²) in [4.78, 5) is 6.95. The van der Waals surface area contributed by atoms with E-state index in [-0.39, 0.29) is 0 Å². The van der Waals surface area contributed by atoms with Crippen molar-refractivity contribution in [2.24, 2.45) is 0 Å². The lowest BCUT2D eigenvalue weighted by Gasteiger charge is -2.26. The molecule has 10 aromatic rings. The van der Waals surface area contributed by atoms with Gasteiger partial charge in [0.05, 0.1) is 11.1 Å². The molecule has 0 amide bonds. The third kappa shape index (κ3) is 4.56. The summed E-state index contributed by atoms with van der Waals surface area (Å²) in [5.74, 6) is 0. The summed E-state index contributed by atoms with van der Waals surface area (Å²) < 4.78 is 6.24. The zero-order chi connectivity index (χ0) is 33.0. The highest BCUT2D eigenvalue weighted by atomic mass is 16.3. The average molecular weight is 639 g/mol. The van der Waals surface area contributed by atoms with Gasteiger partial charge < -0.3 is 9.32 Å². The summed E-state index contributed by atoms with van der Waals surface area (Å²) in [5.41, 5.74) is 9.34. The summed E-state index contributed by atoms with van der Waals surface area (Å²) in [6.07, 6.45) is 1.84. The van der Waals surface area contributed by atoms with E-state index >= 15 is 0 Å². The van der Waals surface area contributed by atoms with E-state index in [1.807, 2.05) is 18.3 Å². The number of hydrogen-bond acceptors (Lipinski definition) is 3. The summed E-state index contributed by atoms with van der Waals surface area (Å²) in [7, 11) is 0. The zero-order valence-electron chi connectivity index (χ0n) is 27.1. The number of furan rings is 1. The molecule has 0 fully saturated rings. The second-order valence-electron chi connectivity index (χ2n) is 12.8. The van der Waals surface area contributed by atoms with E-state index in [1.54, 1.807) is 0 Å². The van der Waals surface area contributed by atoms with Crippen LogP contribution in [0.25, 0.3) is 76.6 Å². The molecule has 0 unspecified atom stereocenters. The molecule has 3 heteroatoms. The van der Waals surface area contributed by atoms with E-state index < -0.39 is 0 Å². The van der Waals surface area contributed by atoms with Gasteiger partial charge in [0.15, 0.2) is 0 Å². The Bertz CT molecular complexity index is 2850. The van der Waals surface area contributed by atoms with Gasteiger partial charge in [0, 0.05) is 23.0 Å². The molecule has 234 valence electrons. The van der Waals surface area contributed by atoms with E-state index in [9.17, 15) is 0 Å². The summed E-state index contributed by atoms with van der Waals surface area (Å²) in [5, 5.41) is 9.62. The highest BCUT2D eigenvalue weighted by Crippen LogP contribution is 2.44. The number of pyridine rings is 1. The van der Waals surface area contributed by atoms with E-state index in [0.29, 0.717) is 5.71 Å². The van der Waals surface area contributed by atoms with Crippen molar-refractivity contribution in [3.05, 3.63) is 182 Å². The van der Waals surface area contributed by atoms with Crippen LogP contribution in [0.4, 0.5) is 17.1 Å². The van der Waals surface area contributed by atoms with Crippen molar-refractivity contribution >= 4 is 71.4 Å². The number of nitrogens with zero attached hydrogens (tertiary/aromatic N) is 2. The lowest BCUT2D eigenvalue weighted by Crippen LogP contribution is -2.10. The molecule has 0 bridgehead atoms. The number of para-hydroxylation sites is 1. The fourth-order valence-corrected chi connectivity index (χ4v) is 7.57. The Kier molecular flexibility index (Phi) is 6.49. The molecule has 0 aliphatic rings. The zero-order valence-corrected chi connectivity index (χ0v) is 27.1. The first-order valence-corrected chi connectivity index (χ1v) is 17.0. The molecular weight excluding hydrogens is 609 g/mol. The van der Waals surface area contributed by atoms with E-state index in [2.05, 4.69) is 174 Å². The minimum absolute atomic E-state index is 0.626. The standard InChI is InChI=1S/C47H30N2O/c1-2-10-31(11-3-1)32-18-23-35(24-19-32)49(44-28-29-48-47-46(44)41-16-8-9-17-45(41)50-47)36-25-20-34(21-26-36)42-30-43-37-13-5-4-12-33(37)22-27-40(43)38-14-6-7-15-39(38)42/h1-30H. The molecule has 0 atom stereocenters. The topological polar surface area (TPSA) is 29.3 Å². The molecule has 0 aliphatic carbocycles. The maximum absolute atomic E-state index is 6.24. The van der Waals surface area contributed by atoms with Crippen LogP contribution in [0, 0.1) is 0 Å². The quantitative estimate of drug-likeness (QED) is 0.176. The van der Waals surface area contributed by atoms with Crippen LogP contribution in [0.15, 0.2) is 187 Å². The van der Waals surface area contributed by atoms with Gasteiger partial charge in [-0.2, -0.15) is 0 Å². The second-order valence-corrected chi connectivity index (χ2v) is 12.8. The third-order valence-electron chi connectivity index (χ3n) is 9.93. The van der Waals surface area contributed by atoms with Crippen molar-refractivity contribution < 1.29 is 4.42 Å². The average Bonchev–Trinajstić information content (AvgIpc) is 3.58. The molecule has 0 spiro atoms. The Morgan fingerprint density at radius 1 is 0.420 bits per heavy atom. The summed E-state index contributed by atoms with van der Waals surface area (Å²) in [6.45, 7) is 0. The van der Waals surface area contributed by atoms with Gasteiger partial charge in [0.2, 0.25) is 5.71 Å². The maximum Gasteiger partial charge on any atom is 0.229 e. The van der Waals surface area contributed by atoms with Crippen LogP contribution in [0.3, 0.4) is 0 Å². The lowest BCUT2D eigenvalue weighted by atomic mass is 9.91. The van der Waals surface area contributed by atoms with Crippen LogP contribution in [0.1, 0.15) is 0 Å². The largest absolute Gasteiger partial charge is 0.438 e. The van der Waals surface area contributed by atoms with Gasteiger partial charge in [0.1, 0.15) is 5.58 Å². The van der Waals surface area contributed by atoms with Gasteiger partial charge in [-0.15, -0.1) is 0 Å². The molecule has 0 saturated carbocycles. The molecule has 50 heavy (non-hydrogen) atoms. The SMILES string of the molecule is c1ccc(-c2ccc(N(c3ccc(-c4cc5c6ccccc6ccc5c5ccccc45)cc3)c3ccnc4oc5ccccc5c34)cc2)cc1. The van der Waals surface area contributed by atoms with E-state index in [4.69, 9.17) is 4.42 Å². The Balaban J connectivity index is 1.16. The molecule has 0 N–H and O–H groups in total. The van der Waals surface area contributed by atoms with Crippen LogP contribution in [0.5, 0.6) is 0 Å². The van der Waals surface area contributed by atoms with Gasteiger partial charge in [0.25, 0.3) is 0 Å². The smallest absolute Gasteiger partial charge is 0.229 e. The fourth-order valence-electron chi connectivity index (χ4n) is 7.57. The molecule has 2 heterocycles. The van der Waals surface area contributed by atoms with Crippen molar-refractivity contribution in [1.82, 2.24) is 4.98 Å². The lowest BCUT2D eigenvalue weighted by molar-refractivity contribution is 0.654. The summed E-state index contributed by atoms with van der Waals surface area (Å²) >= 11 is 0. The Labute approximate surface area is 289 Å². The van der Waals surface area contributed by atoms with E-state index in [0.717, 1.165) is 33.4 Å². The van der Waals surface area contributed by atoms with Crippen molar-refractivity contribution in [3.8, 4) is 22.3 Å². The van der Waals surface area contributed by atoms with Crippen LogP contribution < -0.4 is 4.90 Å². The number of aromatic nitrogens is 1. The van der Waals surface area contributed by atoms with Gasteiger partial charge in [-0.1, -0.05) is 133 Å². The van der Waals surface area contributed by atoms with Crippen molar-refractivity contribution in [2.45, 2.75) is 0 Å². The minimum atomic E-state index is 0.626. The molecule has 0 saturated heterocycles. The highest BCUT2D eigenvalue weighted by Gasteiger charge is 2.20. The van der Waals surface area contributed by atoms with Gasteiger partial charge >= 0.3 is 0 Å². The number of hydrogen-bond donors (Lipinski definition) is 0. The fraction of sp³-hybridized carbons (Fsp3) is 0. The van der Waals surface area contributed by atoms with Crippen LogP contribution >= 0.6 is 0 Å². The van der Waals surface area contributed by atoms with Gasteiger partial charge in [-0.25, -0.2) is 4.98 Å². The highest BCUT2D eigenvalue weighted by molar-refractivity contribution is 6.21. The first-order chi connectivity index (χ1) is 24.8. The number of benzene rings is 8. The van der Waals surface area contributed by atoms with Crippen LogP contribution in [-0.2, 0) is 0 Å². The summed E-state index contributed by atoms with van der Waals surface area (Å²) in [6, 6.07) is 62.8. The predicted octanol–water partition coefficient (Wildman–Crippen LogP) is 13.2. The number of anilines is 3. The first kappa shape index (κ1) is 28.3. The Hall–Kier alpha value is -6.71. The first-order valence-electron chi connectivity index (χ1n) is 17.0. The molecule has 8 aromatic carbocycles. The maximum atomic E-state index is 6.24. The molecule has 0 radical (unpaired) electrons. The van der Waals surface area contributed by atoms with Crippen LogP contribution in [0.2, 0.25) is 0 Å². The molecule has 2 aromatic heterocycles. The minimum Gasteiger partial charge on any atom is -0.438 e. The van der Waals surface area contributed by atoms with Gasteiger partial charge in [-0.05, 0) is 97.0 Å². The Morgan fingerprint density at radius 2 is 1.02 bits per heavy atom. The Morgan fingerprint density at radius 3 is 1.80 bits per heavy atom. The van der Waals surface area contributed by atoms with Gasteiger partial charge in [-0.3, -0.25) is 0 Å². The van der Waals surface area contributed by atoms with Crippen molar-refractivity contribution in [2.75, 3.05) is 4.90 Å². The monoisotopic (exact) mass is 638 g/mol. The predicted molar refractivity (Wildman–Crippen MR) is 210 cm³/mol. The third-order valence-corrected chi connectivity index (χ3v) is 9.93. The van der Waals surface area contributed by atoms with E-state index in [1.165, 1.54) is 54.6 Å². The molecule has 0 aliphatic heterocycles. The number of rotatable bonds is 5. The molecule has 10 rings (SSSR count). The van der Waals surface area contributed by atoms with Crippen molar-refractivity contribution in [1.29, 1.82) is 0 Å². The number of fused-ring (bicyclic) bond motifs is 8. The normalized spacial score (nSPS) is 11.6. The van der Waals surface area contributed by atoms with Crippen LogP contribution in [-0.4, -0.2) is 4.98 Å². The molecular formula is C47H30N2O. The second kappa shape index (κ2) is 11.5. The molecule has 3 nitrogen and oxygen atoms in total.